The number of hydrogen-bond acceptors (Lipinski definition) is 1. The van der Waals surface area contributed by atoms with Crippen LogP contribution in [-0.4, -0.2) is 5.11 Å². The summed E-state index contributed by atoms with van der Waals surface area (Å²) in [6, 6.07) is 14.8. The number of nitrogens with one attached hydrogen (secondary N) is 2. The Morgan fingerprint density at radius 3 is 2.00 bits per heavy atom. The van der Waals surface area contributed by atoms with Gasteiger partial charge < -0.3 is 10.6 Å². The van der Waals surface area contributed by atoms with Crippen LogP contribution < -0.4 is 10.6 Å². The summed E-state index contributed by atoms with van der Waals surface area (Å²) in [4.78, 5) is 0. The van der Waals surface area contributed by atoms with Crippen LogP contribution >= 0.6 is 12.2 Å². The highest BCUT2D eigenvalue weighted by Gasteiger charge is 2.18. The van der Waals surface area contributed by atoms with E-state index in [2.05, 4.69) is 81.7 Å². The minimum Gasteiger partial charge on any atom is -0.332 e. The van der Waals surface area contributed by atoms with E-state index in [1.165, 1.54) is 16.7 Å². The van der Waals surface area contributed by atoms with Crippen LogP contribution in [0.4, 0.5) is 11.4 Å². The maximum atomic E-state index is 5.59. The van der Waals surface area contributed by atoms with Gasteiger partial charge in [0, 0.05) is 11.4 Å². The molecule has 0 saturated heterocycles. The van der Waals surface area contributed by atoms with Gasteiger partial charge in [-0.25, -0.2) is 0 Å². The summed E-state index contributed by atoms with van der Waals surface area (Å²) in [5, 5.41) is 7.46. The van der Waals surface area contributed by atoms with E-state index < -0.39 is 0 Å². The van der Waals surface area contributed by atoms with Crippen LogP contribution in [0.25, 0.3) is 0 Å². The Hall–Kier alpha value is -1.87. The van der Waals surface area contributed by atoms with E-state index in [1.54, 1.807) is 0 Å². The summed E-state index contributed by atoms with van der Waals surface area (Å²) in [7, 11) is 0. The molecule has 0 fully saturated rings. The highest BCUT2D eigenvalue weighted by molar-refractivity contribution is 7.80. The highest BCUT2D eigenvalue weighted by Crippen LogP contribution is 2.29. The Morgan fingerprint density at radius 2 is 1.46 bits per heavy atom. The molecule has 2 N–H and O–H groups in total. The Bertz CT molecular complexity index is 692. The third-order valence-corrected chi connectivity index (χ3v) is 4.42. The zero-order valence-electron chi connectivity index (χ0n) is 15.4. The number of rotatable bonds is 4. The summed E-state index contributed by atoms with van der Waals surface area (Å²) in [5.41, 5.74) is 6.12. The first-order chi connectivity index (χ1) is 11.4. The van der Waals surface area contributed by atoms with Crippen molar-refractivity contribution in [3.05, 3.63) is 59.2 Å². The molecule has 3 heteroatoms. The molecule has 0 amide bonds. The van der Waals surface area contributed by atoms with E-state index in [-0.39, 0.29) is 5.41 Å². The molecule has 0 aliphatic carbocycles. The summed E-state index contributed by atoms with van der Waals surface area (Å²) in [5.74, 6) is 0. The fourth-order valence-electron chi connectivity index (χ4n) is 2.92. The average Bonchev–Trinajstić information content (AvgIpc) is 2.54. The van der Waals surface area contributed by atoms with Crippen LogP contribution in [0, 0.1) is 0 Å². The van der Waals surface area contributed by atoms with Gasteiger partial charge in [-0.15, -0.1) is 0 Å². The number of para-hydroxylation sites is 2. The van der Waals surface area contributed by atoms with Gasteiger partial charge in [0.25, 0.3) is 0 Å². The number of benzene rings is 2. The predicted octanol–water partition coefficient (Wildman–Crippen LogP) is 5.92. The van der Waals surface area contributed by atoms with Gasteiger partial charge >= 0.3 is 0 Å². The zero-order valence-corrected chi connectivity index (χ0v) is 16.2. The van der Waals surface area contributed by atoms with E-state index in [0.717, 1.165) is 24.2 Å². The monoisotopic (exact) mass is 340 g/mol. The van der Waals surface area contributed by atoms with Crippen LogP contribution in [0.5, 0.6) is 0 Å². The molecule has 0 bridgehead atoms. The summed E-state index contributed by atoms with van der Waals surface area (Å²) >= 11 is 5.59. The highest BCUT2D eigenvalue weighted by atomic mass is 32.1. The molecule has 0 radical (unpaired) electrons. The van der Waals surface area contributed by atoms with Gasteiger partial charge in [-0.3, -0.25) is 0 Å². The second kappa shape index (κ2) is 7.80. The molecule has 0 spiro atoms. The Labute approximate surface area is 151 Å². The standard InChI is InChI=1S/C21H28N2S/c1-6-15-11-10-12-16(7-2)19(15)23-20(24)22-18-14-9-8-13-17(18)21(3,4)5/h8-14H,6-7H2,1-5H3,(H2,22,23,24). The van der Waals surface area contributed by atoms with E-state index in [4.69, 9.17) is 12.2 Å². The van der Waals surface area contributed by atoms with Crippen LogP contribution in [0.1, 0.15) is 51.3 Å². The molecule has 24 heavy (non-hydrogen) atoms. The fourth-order valence-corrected chi connectivity index (χ4v) is 3.13. The van der Waals surface area contributed by atoms with Gasteiger partial charge in [-0.05, 0) is 53.2 Å². The lowest BCUT2D eigenvalue weighted by Gasteiger charge is -2.24. The number of anilines is 2. The van der Waals surface area contributed by atoms with E-state index in [1.807, 2.05) is 6.07 Å². The Balaban J connectivity index is 2.25. The molecular formula is C21H28N2S. The number of hydrogen-bond donors (Lipinski definition) is 2. The van der Waals surface area contributed by atoms with Gasteiger partial charge in [0.15, 0.2) is 5.11 Å². The summed E-state index contributed by atoms with van der Waals surface area (Å²) < 4.78 is 0. The first-order valence-electron chi connectivity index (χ1n) is 8.65. The van der Waals surface area contributed by atoms with Crippen molar-refractivity contribution in [1.82, 2.24) is 0 Å². The molecule has 0 unspecified atom stereocenters. The van der Waals surface area contributed by atoms with Gasteiger partial charge in [-0.2, -0.15) is 0 Å². The molecular weight excluding hydrogens is 312 g/mol. The largest absolute Gasteiger partial charge is 0.332 e. The topological polar surface area (TPSA) is 24.1 Å². The van der Waals surface area contributed by atoms with Crippen LogP contribution in [-0.2, 0) is 18.3 Å². The fraction of sp³-hybridized carbons (Fsp3) is 0.381. The van der Waals surface area contributed by atoms with Crippen molar-refractivity contribution < 1.29 is 0 Å². The lowest BCUT2D eigenvalue weighted by atomic mass is 9.86. The average molecular weight is 341 g/mol. The van der Waals surface area contributed by atoms with Crippen molar-refractivity contribution in [2.75, 3.05) is 10.6 Å². The summed E-state index contributed by atoms with van der Waals surface area (Å²) in [6.45, 7) is 11.0. The first kappa shape index (κ1) is 18.5. The van der Waals surface area contributed by atoms with Crippen molar-refractivity contribution in [3.63, 3.8) is 0 Å². The molecule has 0 aliphatic rings. The molecule has 2 aromatic rings. The normalized spacial score (nSPS) is 11.2. The van der Waals surface area contributed by atoms with Crippen molar-refractivity contribution in [3.8, 4) is 0 Å². The van der Waals surface area contributed by atoms with Crippen LogP contribution in [0.15, 0.2) is 42.5 Å². The van der Waals surface area contributed by atoms with Gasteiger partial charge in [0.1, 0.15) is 0 Å². The second-order valence-electron chi connectivity index (χ2n) is 7.03. The minimum atomic E-state index is 0.0646. The van der Waals surface area contributed by atoms with E-state index >= 15 is 0 Å². The smallest absolute Gasteiger partial charge is 0.175 e. The Kier molecular flexibility index (Phi) is 6.00. The number of thiocarbonyl (C=S) groups is 1. The maximum Gasteiger partial charge on any atom is 0.175 e. The molecule has 2 aromatic carbocycles. The zero-order chi connectivity index (χ0) is 17.7. The molecule has 0 aliphatic heterocycles. The van der Waals surface area contributed by atoms with Crippen LogP contribution in [0.3, 0.4) is 0 Å². The predicted molar refractivity (Wildman–Crippen MR) is 110 cm³/mol. The Morgan fingerprint density at radius 1 is 0.875 bits per heavy atom. The summed E-state index contributed by atoms with van der Waals surface area (Å²) in [6.07, 6.45) is 1.97. The molecule has 2 rings (SSSR count). The van der Waals surface area contributed by atoms with Gasteiger partial charge in [-0.1, -0.05) is 71.0 Å². The van der Waals surface area contributed by atoms with E-state index in [9.17, 15) is 0 Å². The van der Waals surface area contributed by atoms with Crippen molar-refractivity contribution in [2.24, 2.45) is 0 Å². The molecule has 0 aromatic heterocycles. The molecule has 2 nitrogen and oxygen atoms in total. The third-order valence-electron chi connectivity index (χ3n) is 4.22. The lowest BCUT2D eigenvalue weighted by molar-refractivity contribution is 0.592. The van der Waals surface area contributed by atoms with Crippen LogP contribution in [0.2, 0.25) is 0 Å². The molecule has 0 heterocycles. The molecule has 0 saturated carbocycles. The van der Waals surface area contributed by atoms with Crippen molar-refractivity contribution in [1.29, 1.82) is 0 Å². The third kappa shape index (κ3) is 4.35. The van der Waals surface area contributed by atoms with E-state index in [0.29, 0.717) is 5.11 Å². The second-order valence-corrected chi connectivity index (χ2v) is 7.44. The number of aryl methyl sites for hydroxylation is 2. The molecule has 128 valence electrons. The molecule has 0 atom stereocenters. The minimum absolute atomic E-state index is 0.0646. The van der Waals surface area contributed by atoms with Crippen molar-refractivity contribution >= 4 is 28.7 Å². The lowest BCUT2D eigenvalue weighted by Crippen LogP contribution is -2.23. The SMILES string of the molecule is CCc1cccc(CC)c1NC(=S)Nc1ccccc1C(C)(C)C. The van der Waals surface area contributed by atoms with Gasteiger partial charge in [0.05, 0.1) is 0 Å². The van der Waals surface area contributed by atoms with Gasteiger partial charge in [0.2, 0.25) is 0 Å². The first-order valence-corrected chi connectivity index (χ1v) is 9.06. The maximum absolute atomic E-state index is 5.59. The quantitative estimate of drug-likeness (QED) is 0.676. The van der Waals surface area contributed by atoms with Crippen molar-refractivity contribution in [2.45, 2.75) is 52.9 Å².